The largest absolute Gasteiger partial charge is 0.369 e. The summed E-state index contributed by atoms with van der Waals surface area (Å²) in [6.07, 6.45) is 3.48. The number of thioether (sulfide) groups is 1. The summed E-state index contributed by atoms with van der Waals surface area (Å²) >= 11 is 7.65. The molecule has 0 aliphatic rings. The molecule has 0 atom stereocenters. The molecule has 5 nitrogen and oxygen atoms in total. The van der Waals surface area contributed by atoms with Gasteiger partial charge in [0.25, 0.3) is 0 Å². The number of carbonyl (C=O) groups is 1. The lowest BCUT2D eigenvalue weighted by molar-refractivity contribution is -0.117. The highest BCUT2D eigenvalue weighted by Crippen LogP contribution is 2.33. The lowest BCUT2D eigenvalue weighted by Gasteiger charge is -2.13. The molecule has 2 N–H and O–H groups in total. The number of rotatable bonds is 5. The first-order chi connectivity index (χ1) is 12.5. The Bertz CT molecular complexity index is 966. The molecule has 132 valence electrons. The third-order valence-electron chi connectivity index (χ3n) is 3.62. The van der Waals surface area contributed by atoms with E-state index in [1.54, 1.807) is 30.5 Å². The second-order valence-electron chi connectivity index (χ2n) is 5.41. The number of primary amides is 1. The number of pyridine rings is 1. The second-order valence-corrected chi connectivity index (χ2v) is 6.54. The van der Waals surface area contributed by atoms with Gasteiger partial charge in [0.05, 0.1) is 17.8 Å². The predicted octanol–water partition coefficient (Wildman–Crippen LogP) is 3.75. The molecule has 26 heavy (non-hydrogen) atoms. The first-order valence-corrected chi connectivity index (χ1v) is 9.19. The van der Waals surface area contributed by atoms with Crippen molar-refractivity contribution in [1.29, 1.82) is 0 Å². The third-order valence-corrected chi connectivity index (χ3v) is 4.51. The molecule has 0 spiro atoms. The van der Waals surface area contributed by atoms with Crippen LogP contribution in [-0.2, 0) is 11.2 Å². The summed E-state index contributed by atoms with van der Waals surface area (Å²) in [7, 11) is 0. The first-order valence-electron chi connectivity index (χ1n) is 7.59. The van der Waals surface area contributed by atoms with E-state index in [1.165, 1.54) is 23.9 Å². The number of hydrogen-bond donors (Lipinski definition) is 1. The molecule has 0 aliphatic carbocycles. The van der Waals surface area contributed by atoms with E-state index >= 15 is 0 Å². The van der Waals surface area contributed by atoms with E-state index in [0.717, 1.165) is 0 Å². The fourth-order valence-electron chi connectivity index (χ4n) is 2.46. The van der Waals surface area contributed by atoms with Gasteiger partial charge in [-0.2, -0.15) is 0 Å². The summed E-state index contributed by atoms with van der Waals surface area (Å²) in [6.45, 7) is 0. The number of halogens is 2. The molecule has 0 bridgehead atoms. The van der Waals surface area contributed by atoms with Crippen LogP contribution in [0.5, 0.6) is 0 Å². The Labute approximate surface area is 158 Å². The van der Waals surface area contributed by atoms with Crippen LogP contribution in [0.15, 0.2) is 47.8 Å². The maximum absolute atomic E-state index is 13.3. The smallest absolute Gasteiger partial charge is 0.221 e. The Morgan fingerprint density at radius 1 is 1.23 bits per heavy atom. The van der Waals surface area contributed by atoms with Crippen molar-refractivity contribution in [3.8, 4) is 22.5 Å². The zero-order valence-electron chi connectivity index (χ0n) is 13.7. The van der Waals surface area contributed by atoms with Crippen LogP contribution in [0, 0.1) is 5.82 Å². The zero-order chi connectivity index (χ0) is 18.7. The van der Waals surface area contributed by atoms with Crippen LogP contribution in [0.1, 0.15) is 5.56 Å². The fourth-order valence-corrected chi connectivity index (χ4v) is 3.02. The molecule has 0 unspecified atom stereocenters. The van der Waals surface area contributed by atoms with Crippen molar-refractivity contribution >= 4 is 29.3 Å². The Hall–Kier alpha value is -2.51. The average Bonchev–Trinajstić information content (AvgIpc) is 2.63. The van der Waals surface area contributed by atoms with E-state index in [-0.39, 0.29) is 17.4 Å². The van der Waals surface area contributed by atoms with Crippen LogP contribution in [0.4, 0.5) is 4.39 Å². The first kappa shape index (κ1) is 18.3. The van der Waals surface area contributed by atoms with E-state index in [0.29, 0.717) is 33.2 Å². The van der Waals surface area contributed by atoms with Gasteiger partial charge in [-0.15, -0.1) is 0 Å². The highest BCUT2D eigenvalue weighted by molar-refractivity contribution is 7.98. The van der Waals surface area contributed by atoms with Crippen molar-refractivity contribution in [1.82, 2.24) is 15.0 Å². The van der Waals surface area contributed by atoms with Gasteiger partial charge in [0.1, 0.15) is 11.0 Å². The van der Waals surface area contributed by atoms with Gasteiger partial charge >= 0.3 is 0 Å². The molecule has 1 aromatic carbocycles. The molecular formula is C18H14ClFN4OS. The zero-order valence-corrected chi connectivity index (χ0v) is 15.3. The van der Waals surface area contributed by atoms with Crippen LogP contribution in [0.3, 0.4) is 0 Å². The number of hydrogen-bond acceptors (Lipinski definition) is 5. The van der Waals surface area contributed by atoms with Gasteiger partial charge in [0, 0.05) is 17.3 Å². The molecule has 3 rings (SSSR count). The van der Waals surface area contributed by atoms with Crippen molar-refractivity contribution in [2.24, 2.45) is 5.73 Å². The Morgan fingerprint density at radius 2 is 1.96 bits per heavy atom. The Balaban J connectivity index is 2.23. The van der Waals surface area contributed by atoms with Crippen molar-refractivity contribution in [2.45, 2.75) is 11.6 Å². The van der Waals surface area contributed by atoms with Gasteiger partial charge in [0.15, 0.2) is 5.16 Å². The summed E-state index contributed by atoms with van der Waals surface area (Å²) in [5.41, 5.74) is 8.30. The molecule has 0 aliphatic heterocycles. The minimum absolute atomic E-state index is 0.0387. The van der Waals surface area contributed by atoms with Crippen LogP contribution in [0.2, 0.25) is 5.15 Å². The van der Waals surface area contributed by atoms with Gasteiger partial charge in [0.2, 0.25) is 5.91 Å². The highest BCUT2D eigenvalue weighted by atomic mass is 35.5. The number of nitrogens with two attached hydrogens (primary N) is 1. The van der Waals surface area contributed by atoms with E-state index in [4.69, 9.17) is 17.3 Å². The lowest BCUT2D eigenvalue weighted by Crippen LogP contribution is -2.14. The summed E-state index contributed by atoms with van der Waals surface area (Å²) in [4.78, 5) is 24.4. The van der Waals surface area contributed by atoms with Crippen LogP contribution in [-0.4, -0.2) is 27.1 Å². The maximum Gasteiger partial charge on any atom is 0.221 e. The summed E-state index contributed by atoms with van der Waals surface area (Å²) in [5, 5.41) is 0.768. The second kappa shape index (κ2) is 7.80. The number of carbonyl (C=O) groups excluding carboxylic acids is 1. The van der Waals surface area contributed by atoms with Gasteiger partial charge in [-0.25, -0.2) is 19.3 Å². The number of nitrogens with zero attached hydrogens (tertiary/aromatic N) is 3. The van der Waals surface area contributed by atoms with E-state index < -0.39 is 5.91 Å². The van der Waals surface area contributed by atoms with Crippen LogP contribution < -0.4 is 5.73 Å². The molecule has 2 heterocycles. The number of amides is 1. The molecule has 1 amide bonds. The van der Waals surface area contributed by atoms with Crippen LogP contribution in [0.25, 0.3) is 22.5 Å². The predicted molar refractivity (Wildman–Crippen MR) is 100 cm³/mol. The minimum atomic E-state index is -0.512. The molecular weight excluding hydrogens is 375 g/mol. The summed E-state index contributed by atoms with van der Waals surface area (Å²) in [6, 6.07) is 9.40. The summed E-state index contributed by atoms with van der Waals surface area (Å²) < 4.78 is 13.3. The van der Waals surface area contributed by atoms with Gasteiger partial charge in [-0.1, -0.05) is 23.4 Å². The quantitative estimate of drug-likeness (QED) is 0.409. The van der Waals surface area contributed by atoms with Crippen molar-refractivity contribution in [3.05, 3.63) is 59.1 Å². The summed E-state index contributed by atoms with van der Waals surface area (Å²) in [5.74, 6) is -0.861. The van der Waals surface area contributed by atoms with Gasteiger partial charge in [-0.05, 0) is 48.2 Å². The topological polar surface area (TPSA) is 81.8 Å². The molecule has 8 heteroatoms. The number of aromatic nitrogens is 3. The third kappa shape index (κ3) is 4.00. The standard InChI is InChI=1S/C18H14ClFN4OS/c1-26-18-22-7-6-14(23-18)13-8-11(9-15(21)25)17(19)24-16(13)10-2-4-12(20)5-3-10/h2-8H,9H2,1H3,(H2,21,25). The van der Waals surface area contributed by atoms with Gasteiger partial charge < -0.3 is 5.73 Å². The van der Waals surface area contributed by atoms with Crippen molar-refractivity contribution in [3.63, 3.8) is 0 Å². The van der Waals surface area contributed by atoms with Crippen molar-refractivity contribution in [2.75, 3.05) is 6.26 Å². The van der Waals surface area contributed by atoms with Crippen LogP contribution >= 0.6 is 23.4 Å². The fraction of sp³-hybridized carbons (Fsp3) is 0.111. The molecule has 0 radical (unpaired) electrons. The molecule has 0 saturated carbocycles. The normalized spacial score (nSPS) is 10.7. The van der Waals surface area contributed by atoms with E-state index in [9.17, 15) is 9.18 Å². The Morgan fingerprint density at radius 3 is 2.62 bits per heavy atom. The Kier molecular flexibility index (Phi) is 5.49. The SMILES string of the molecule is CSc1nccc(-c2cc(CC(N)=O)c(Cl)nc2-c2ccc(F)cc2)n1. The van der Waals surface area contributed by atoms with E-state index in [1.807, 2.05) is 6.26 Å². The molecule has 0 fully saturated rings. The molecule has 2 aromatic heterocycles. The average molecular weight is 389 g/mol. The maximum atomic E-state index is 13.3. The lowest BCUT2D eigenvalue weighted by atomic mass is 10.0. The number of benzene rings is 1. The monoisotopic (exact) mass is 388 g/mol. The molecule has 3 aromatic rings. The van der Waals surface area contributed by atoms with Crippen molar-refractivity contribution < 1.29 is 9.18 Å². The minimum Gasteiger partial charge on any atom is -0.369 e. The van der Waals surface area contributed by atoms with E-state index in [2.05, 4.69) is 15.0 Å². The molecule has 0 saturated heterocycles. The van der Waals surface area contributed by atoms with Gasteiger partial charge in [-0.3, -0.25) is 4.79 Å². The highest BCUT2D eigenvalue weighted by Gasteiger charge is 2.17.